The first kappa shape index (κ1) is 7.46. The second-order valence-electron chi connectivity index (χ2n) is 1.29. The van der Waals surface area contributed by atoms with Gasteiger partial charge in [-0.25, -0.2) is 0 Å². The molecule has 42 valence electrons. The molecule has 2 nitrogen and oxygen atoms in total. The van der Waals surface area contributed by atoms with Crippen LogP contribution in [0.4, 0.5) is 0 Å². The third-order valence-corrected chi connectivity index (χ3v) is 1.31. The van der Waals surface area contributed by atoms with E-state index in [1.165, 1.54) is 0 Å². The van der Waals surface area contributed by atoms with Crippen molar-refractivity contribution in [2.45, 2.75) is 17.7 Å². The van der Waals surface area contributed by atoms with Crippen molar-refractivity contribution < 1.29 is 0 Å². The predicted molar refractivity (Wildman–Crippen MR) is 33.2 cm³/mol. The fourth-order valence-electron chi connectivity index (χ4n) is 0.256. The van der Waals surface area contributed by atoms with E-state index < -0.39 is 0 Å². The number of nitrogens with zero attached hydrogens (tertiary/aromatic N) is 2. The second-order valence-corrected chi connectivity index (χ2v) is 2.40. The summed E-state index contributed by atoms with van der Waals surface area (Å²) >= 11 is 3.07. The number of hydrogen-bond acceptors (Lipinski definition) is 2. The van der Waals surface area contributed by atoms with Crippen molar-refractivity contribution in [1.82, 2.24) is 0 Å². The molecule has 0 fully saturated rings. The number of halogens is 1. The van der Waals surface area contributed by atoms with Gasteiger partial charge in [0.05, 0.1) is 12.1 Å². The Morgan fingerprint density at radius 3 is 2.50 bits per heavy atom. The lowest BCUT2D eigenvalue weighted by atomic mass is 10.3. The van der Waals surface area contributed by atoms with Gasteiger partial charge in [-0.3, -0.25) is 0 Å². The van der Waals surface area contributed by atoms with Gasteiger partial charge in [-0.1, -0.05) is 15.9 Å². The molecule has 0 N–H and O–H groups in total. The summed E-state index contributed by atoms with van der Waals surface area (Å²) in [7, 11) is 0. The summed E-state index contributed by atoms with van der Waals surface area (Å²) in [5.41, 5.74) is 0. The molecule has 0 aliphatic carbocycles. The summed E-state index contributed by atoms with van der Waals surface area (Å²) in [6.45, 7) is 0. The summed E-state index contributed by atoms with van der Waals surface area (Å²) in [6, 6.07) is 3.92. The Bertz CT molecular complexity index is 130. The van der Waals surface area contributed by atoms with Gasteiger partial charge >= 0.3 is 0 Å². The molecule has 0 aliphatic heterocycles. The monoisotopic (exact) mass is 172 g/mol. The highest BCUT2D eigenvalue weighted by atomic mass is 79.9. The first-order chi connectivity index (χ1) is 3.81. The molecule has 0 spiro atoms. The van der Waals surface area contributed by atoms with Crippen LogP contribution in [0.15, 0.2) is 0 Å². The SMILES string of the molecule is N#CCCC(Br)C#N. The Kier molecular flexibility index (Phi) is 4.30. The normalized spacial score (nSPS) is 11.4. The lowest BCUT2D eigenvalue weighted by Crippen LogP contribution is -1.89. The molecule has 0 saturated heterocycles. The van der Waals surface area contributed by atoms with Crippen LogP contribution in [-0.4, -0.2) is 4.83 Å². The van der Waals surface area contributed by atoms with Gasteiger partial charge in [-0.05, 0) is 6.42 Å². The molecule has 0 rings (SSSR count). The van der Waals surface area contributed by atoms with Crippen LogP contribution < -0.4 is 0 Å². The molecule has 0 saturated carbocycles. The van der Waals surface area contributed by atoms with Crippen LogP contribution >= 0.6 is 15.9 Å². The summed E-state index contributed by atoms with van der Waals surface area (Å²) in [6.07, 6.45) is 1.07. The minimum Gasteiger partial charge on any atom is -0.198 e. The average Bonchev–Trinajstić information content (AvgIpc) is 1.83. The maximum Gasteiger partial charge on any atom is 0.102 e. The van der Waals surface area contributed by atoms with E-state index in [0.29, 0.717) is 12.8 Å². The Morgan fingerprint density at radius 1 is 1.50 bits per heavy atom. The van der Waals surface area contributed by atoms with Crippen molar-refractivity contribution in [3.05, 3.63) is 0 Å². The number of rotatable bonds is 2. The zero-order valence-electron chi connectivity index (χ0n) is 4.26. The van der Waals surface area contributed by atoms with Gasteiger partial charge in [-0.2, -0.15) is 10.5 Å². The summed E-state index contributed by atoms with van der Waals surface area (Å²) in [4.78, 5) is -0.151. The van der Waals surface area contributed by atoms with E-state index >= 15 is 0 Å². The molecule has 0 aromatic heterocycles. The topological polar surface area (TPSA) is 47.6 Å². The van der Waals surface area contributed by atoms with Crippen molar-refractivity contribution in [3.8, 4) is 12.1 Å². The lowest BCUT2D eigenvalue weighted by molar-refractivity contribution is 0.910. The lowest BCUT2D eigenvalue weighted by Gasteiger charge is -1.89. The highest BCUT2D eigenvalue weighted by Gasteiger charge is 1.97. The molecule has 0 aromatic carbocycles. The fourth-order valence-corrected chi connectivity index (χ4v) is 0.485. The van der Waals surface area contributed by atoms with Gasteiger partial charge in [-0.15, -0.1) is 0 Å². The minimum atomic E-state index is -0.151. The van der Waals surface area contributed by atoms with Crippen molar-refractivity contribution in [2.75, 3.05) is 0 Å². The van der Waals surface area contributed by atoms with Gasteiger partial charge in [0.2, 0.25) is 0 Å². The first-order valence-electron chi connectivity index (χ1n) is 2.22. The molecular weight excluding hydrogens is 168 g/mol. The number of nitriles is 2. The van der Waals surface area contributed by atoms with Crippen molar-refractivity contribution in [1.29, 1.82) is 10.5 Å². The van der Waals surface area contributed by atoms with Crippen molar-refractivity contribution in [2.24, 2.45) is 0 Å². The number of alkyl halides is 1. The Hall–Kier alpha value is -0.540. The molecule has 0 heterocycles. The molecule has 1 atom stereocenters. The van der Waals surface area contributed by atoms with Crippen LogP contribution in [0.1, 0.15) is 12.8 Å². The highest BCUT2D eigenvalue weighted by Crippen LogP contribution is 2.04. The minimum absolute atomic E-state index is 0.151. The van der Waals surface area contributed by atoms with E-state index in [9.17, 15) is 0 Å². The van der Waals surface area contributed by atoms with Crippen molar-refractivity contribution >= 4 is 15.9 Å². The van der Waals surface area contributed by atoms with Gasteiger partial charge in [0.15, 0.2) is 0 Å². The predicted octanol–water partition coefficient (Wildman–Crippen LogP) is 1.58. The largest absolute Gasteiger partial charge is 0.198 e. The van der Waals surface area contributed by atoms with Crippen LogP contribution in [0.3, 0.4) is 0 Å². The smallest absolute Gasteiger partial charge is 0.102 e. The Morgan fingerprint density at radius 2 is 2.12 bits per heavy atom. The maximum absolute atomic E-state index is 8.16. The summed E-state index contributed by atoms with van der Waals surface area (Å²) < 4.78 is 0. The van der Waals surface area contributed by atoms with Crippen LogP contribution in [-0.2, 0) is 0 Å². The van der Waals surface area contributed by atoms with E-state index in [0.717, 1.165) is 0 Å². The summed E-state index contributed by atoms with van der Waals surface area (Å²) in [5, 5.41) is 16.2. The number of hydrogen-bond donors (Lipinski definition) is 0. The molecule has 0 bridgehead atoms. The van der Waals surface area contributed by atoms with Crippen molar-refractivity contribution in [3.63, 3.8) is 0 Å². The second kappa shape index (κ2) is 4.61. The third kappa shape index (κ3) is 3.64. The molecule has 0 aromatic rings. The quantitative estimate of drug-likeness (QED) is 0.595. The summed E-state index contributed by atoms with van der Waals surface area (Å²) in [5.74, 6) is 0. The van der Waals surface area contributed by atoms with Gasteiger partial charge in [0.1, 0.15) is 4.83 Å². The van der Waals surface area contributed by atoms with E-state index in [1.54, 1.807) is 0 Å². The molecule has 3 heteroatoms. The Labute approximate surface area is 56.9 Å². The highest BCUT2D eigenvalue weighted by molar-refractivity contribution is 9.09. The first-order valence-corrected chi connectivity index (χ1v) is 3.13. The van der Waals surface area contributed by atoms with E-state index in [2.05, 4.69) is 15.9 Å². The fraction of sp³-hybridized carbons (Fsp3) is 0.600. The van der Waals surface area contributed by atoms with E-state index in [4.69, 9.17) is 10.5 Å². The van der Waals surface area contributed by atoms with Crippen LogP contribution in [0.2, 0.25) is 0 Å². The maximum atomic E-state index is 8.16. The zero-order chi connectivity index (χ0) is 6.41. The molecule has 8 heavy (non-hydrogen) atoms. The molecule has 0 amide bonds. The van der Waals surface area contributed by atoms with Crippen LogP contribution in [0, 0.1) is 22.7 Å². The standard InChI is InChI=1S/C5H5BrN2/c6-5(4-8)2-1-3-7/h5H,1-2H2. The molecule has 0 radical (unpaired) electrons. The van der Waals surface area contributed by atoms with Gasteiger partial charge in [0, 0.05) is 6.42 Å². The van der Waals surface area contributed by atoms with Gasteiger partial charge in [0.25, 0.3) is 0 Å². The Balaban J connectivity index is 3.18. The average molecular weight is 173 g/mol. The van der Waals surface area contributed by atoms with E-state index in [-0.39, 0.29) is 4.83 Å². The molecule has 0 aliphatic rings. The van der Waals surface area contributed by atoms with Crippen LogP contribution in [0.25, 0.3) is 0 Å². The van der Waals surface area contributed by atoms with E-state index in [1.807, 2.05) is 12.1 Å². The molecule has 1 unspecified atom stereocenters. The third-order valence-electron chi connectivity index (χ3n) is 0.650. The van der Waals surface area contributed by atoms with Crippen LogP contribution in [0.5, 0.6) is 0 Å². The zero-order valence-corrected chi connectivity index (χ0v) is 5.85. The molecular formula is C5H5BrN2. The van der Waals surface area contributed by atoms with Gasteiger partial charge < -0.3 is 0 Å².